The molecule has 2 nitrogen and oxygen atoms in total. The quantitative estimate of drug-likeness (QED) is 0.150. The second kappa shape index (κ2) is 22.3. The molecule has 0 aliphatic rings. The summed E-state index contributed by atoms with van der Waals surface area (Å²) in [4.78, 5) is 4.70. The second-order valence-corrected chi connectivity index (χ2v) is 12.8. The van der Waals surface area contributed by atoms with E-state index in [1.807, 2.05) is 103 Å². The summed E-state index contributed by atoms with van der Waals surface area (Å²) in [6, 6.07) is 52.9. The molecule has 1 atom stereocenters. The van der Waals surface area contributed by atoms with E-state index < -0.39 is 5.54 Å². The van der Waals surface area contributed by atoms with E-state index in [9.17, 15) is 0 Å². The molecule has 1 unspecified atom stereocenters. The molecule has 0 saturated carbocycles. The number of aromatic nitrogens is 1. The predicted molar refractivity (Wildman–Crippen MR) is 212 cm³/mol. The van der Waals surface area contributed by atoms with Crippen LogP contribution in [0, 0.1) is 20.8 Å². The van der Waals surface area contributed by atoms with E-state index in [1.54, 1.807) is 0 Å². The summed E-state index contributed by atoms with van der Waals surface area (Å²) < 4.78 is 0. The van der Waals surface area contributed by atoms with Gasteiger partial charge in [-0.05, 0) is 36.0 Å². The van der Waals surface area contributed by atoms with Gasteiger partial charge in [0.25, 0.3) is 0 Å². The largest absolute Gasteiger partial charge is 4.00 e. The van der Waals surface area contributed by atoms with E-state index >= 15 is 0 Å². The summed E-state index contributed by atoms with van der Waals surface area (Å²) in [5, 5.41) is 5.44. The summed E-state index contributed by atoms with van der Waals surface area (Å²) in [5.74, 6) is 0.837. The van der Waals surface area contributed by atoms with Crippen LogP contribution in [0.1, 0.15) is 85.5 Å². The van der Waals surface area contributed by atoms with Crippen molar-refractivity contribution in [2.75, 3.05) is 0 Å². The molecule has 1 heterocycles. The molecular weight excluding hydrogens is 684 g/mol. The number of benzene rings is 5. The van der Waals surface area contributed by atoms with Gasteiger partial charge in [-0.2, -0.15) is 73.9 Å². The summed E-state index contributed by atoms with van der Waals surface area (Å²) in [7, 11) is 0. The molecule has 50 heavy (non-hydrogen) atoms. The van der Waals surface area contributed by atoms with Crippen molar-refractivity contribution in [3.8, 4) is 0 Å². The standard InChI is InChI=1S/C26H31N2.3C7H7.Zr/c1-19(2)22-14-11-15-23(20(3)4)25(22)28-26(5,24-16-9-10-17-27-24)18-21-12-7-6-8-13-21;3*1-7-5-3-2-4-6-7;/h6-17,19-20H,18H2,1-5H3;3*2-6H,1H2;/q4*-1;+4. The third kappa shape index (κ3) is 14.6. The van der Waals surface area contributed by atoms with Crippen LogP contribution in [0.2, 0.25) is 0 Å². The van der Waals surface area contributed by atoms with Gasteiger partial charge in [0.2, 0.25) is 0 Å². The molecule has 254 valence electrons. The molecular formula is C47H52N2Zr. The predicted octanol–water partition coefficient (Wildman–Crippen LogP) is 13.1. The monoisotopic (exact) mass is 734 g/mol. The Labute approximate surface area is 322 Å². The first-order chi connectivity index (χ1) is 23.6. The van der Waals surface area contributed by atoms with Crippen molar-refractivity contribution in [1.29, 1.82) is 0 Å². The number of pyridine rings is 1. The maximum absolute atomic E-state index is 5.44. The van der Waals surface area contributed by atoms with E-state index in [0.717, 1.165) is 34.5 Å². The van der Waals surface area contributed by atoms with E-state index in [0.29, 0.717) is 11.8 Å². The molecule has 0 amide bonds. The van der Waals surface area contributed by atoms with Crippen molar-refractivity contribution in [3.63, 3.8) is 0 Å². The Morgan fingerprint density at radius 3 is 1.22 bits per heavy atom. The molecule has 6 aromatic rings. The minimum absolute atomic E-state index is 0. The fourth-order valence-corrected chi connectivity index (χ4v) is 5.18. The average molecular weight is 736 g/mol. The van der Waals surface area contributed by atoms with Crippen LogP contribution >= 0.6 is 0 Å². The van der Waals surface area contributed by atoms with E-state index in [2.05, 4.69) is 116 Å². The molecule has 0 spiro atoms. The topological polar surface area (TPSA) is 27.0 Å². The van der Waals surface area contributed by atoms with Crippen molar-refractivity contribution in [2.45, 2.75) is 58.4 Å². The zero-order valence-electron chi connectivity index (χ0n) is 30.5. The van der Waals surface area contributed by atoms with Gasteiger partial charge in [0.1, 0.15) is 0 Å². The fraction of sp³-hybridized carbons (Fsp3) is 0.191. The third-order valence-electron chi connectivity index (χ3n) is 7.84. The summed E-state index contributed by atoms with van der Waals surface area (Å²) in [5.41, 5.74) is 8.81. The molecule has 0 radical (unpaired) electrons. The maximum Gasteiger partial charge on any atom is 4.00 e. The molecule has 0 N–H and O–H groups in total. The van der Waals surface area contributed by atoms with Crippen LogP contribution in [-0.2, 0) is 38.2 Å². The zero-order chi connectivity index (χ0) is 35.5. The first-order valence-electron chi connectivity index (χ1n) is 17.0. The van der Waals surface area contributed by atoms with E-state index in [-0.39, 0.29) is 26.2 Å². The fourth-order valence-electron chi connectivity index (χ4n) is 5.18. The molecule has 0 saturated heterocycles. The Kier molecular flexibility index (Phi) is 18.6. The van der Waals surface area contributed by atoms with Crippen molar-refractivity contribution in [1.82, 2.24) is 4.98 Å². The summed E-state index contributed by atoms with van der Waals surface area (Å²) in [6.07, 6.45) is 2.68. The number of hydrogen-bond donors (Lipinski definition) is 0. The maximum atomic E-state index is 5.44. The molecule has 3 heteroatoms. The Morgan fingerprint density at radius 1 is 0.520 bits per heavy atom. The molecule has 0 fully saturated rings. The van der Waals surface area contributed by atoms with Gasteiger partial charge in [0.05, 0.1) is 0 Å². The number of nitrogens with zero attached hydrogens (tertiary/aromatic N) is 2. The number of rotatable bonds is 7. The number of para-hydroxylation sites is 1. The molecule has 1 aromatic heterocycles. The van der Waals surface area contributed by atoms with Gasteiger partial charge in [0.15, 0.2) is 0 Å². The molecule has 6 rings (SSSR count). The Morgan fingerprint density at radius 2 is 0.900 bits per heavy atom. The molecule has 5 aromatic carbocycles. The third-order valence-corrected chi connectivity index (χ3v) is 7.84. The van der Waals surface area contributed by atoms with Gasteiger partial charge >= 0.3 is 26.2 Å². The van der Waals surface area contributed by atoms with Crippen LogP contribution in [0.15, 0.2) is 164 Å². The summed E-state index contributed by atoms with van der Waals surface area (Å²) in [6.45, 7) is 22.3. The van der Waals surface area contributed by atoms with Gasteiger partial charge in [-0.1, -0.05) is 124 Å². The van der Waals surface area contributed by atoms with Crippen LogP contribution < -0.4 is 0 Å². The van der Waals surface area contributed by atoms with Gasteiger partial charge in [-0.15, -0.1) is 42.1 Å². The SMILES string of the molecule is CC(C)c1cccc(C(C)C)c1[N-]C(C)(Cc1ccccc1)c1ccccn1.[CH2-]c1ccccc1.[CH2-]c1ccccc1.[CH2-]c1ccccc1.[Zr+4]. The van der Waals surface area contributed by atoms with Crippen molar-refractivity contribution in [2.24, 2.45) is 0 Å². The van der Waals surface area contributed by atoms with Crippen molar-refractivity contribution < 1.29 is 26.2 Å². The first-order valence-corrected chi connectivity index (χ1v) is 17.0. The Hall–Kier alpha value is -4.46. The minimum atomic E-state index is -0.433. The van der Waals surface area contributed by atoms with Gasteiger partial charge in [-0.3, -0.25) is 4.98 Å². The average Bonchev–Trinajstić information content (AvgIpc) is 3.11. The molecule has 0 aliphatic heterocycles. The van der Waals surface area contributed by atoms with Crippen molar-refractivity contribution in [3.05, 3.63) is 229 Å². The molecule has 0 bridgehead atoms. The summed E-state index contributed by atoms with van der Waals surface area (Å²) >= 11 is 0. The van der Waals surface area contributed by atoms with Gasteiger partial charge in [-0.25, -0.2) is 0 Å². The van der Waals surface area contributed by atoms with Crippen LogP contribution in [0.3, 0.4) is 0 Å². The van der Waals surface area contributed by atoms with Crippen molar-refractivity contribution >= 4 is 5.69 Å². The van der Waals surface area contributed by atoms with Crippen LogP contribution in [0.5, 0.6) is 0 Å². The zero-order valence-corrected chi connectivity index (χ0v) is 32.9. The van der Waals surface area contributed by atoms with Crippen LogP contribution in [0.4, 0.5) is 5.69 Å². The van der Waals surface area contributed by atoms with Crippen LogP contribution in [-0.4, -0.2) is 4.98 Å². The minimum Gasteiger partial charge on any atom is -0.674 e. The Balaban J connectivity index is 0.000000315. The smallest absolute Gasteiger partial charge is 0.674 e. The van der Waals surface area contributed by atoms with Gasteiger partial charge in [0, 0.05) is 11.9 Å². The van der Waals surface area contributed by atoms with E-state index in [4.69, 9.17) is 10.3 Å². The number of hydrogen-bond acceptors (Lipinski definition) is 1. The normalized spacial score (nSPS) is 11.2. The molecule has 0 aliphatic carbocycles. The van der Waals surface area contributed by atoms with Gasteiger partial charge < -0.3 is 5.32 Å². The first kappa shape index (κ1) is 41.7. The van der Waals surface area contributed by atoms with E-state index in [1.165, 1.54) is 16.7 Å². The second-order valence-electron chi connectivity index (χ2n) is 12.8. The van der Waals surface area contributed by atoms with Crippen LogP contribution in [0.25, 0.3) is 5.32 Å². The Bertz CT molecular complexity index is 1610.